The van der Waals surface area contributed by atoms with E-state index in [1.807, 2.05) is 36.4 Å². The molecule has 0 unspecified atom stereocenters. The molecule has 1 aromatic carbocycles. The lowest BCUT2D eigenvalue weighted by atomic mass is 9.97. The van der Waals surface area contributed by atoms with Gasteiger partial charge in [0.15, 0.2) is 0 Å². The molecule has 0 N–H and O–H groups in total. The minimum Gasteiger partial charge on any atom is -0.368 e. The van der Waals surface area contributed by atoms with E-state index in [4.69, 9.17) is 0 Å². The average Bonchev–Trinajstić information content (AvgIpc) is 2.56. The van der Waals surface area contributed by atoms with Gasteiger partial charge in [-0.25, -0.2) is 0 Å². The second-order valence-corrected chi connectivity index (χ2v) is 8.52. The van der Waals surface area contributed by atoms with E-state index in [2.05, 4.69) is 30.2 Å². The van der Waals surface area contributed by atoms with Crippen LogP contribution in [0.1, 0.15) is 50.3 Å². The number of hydrogen-bond acceptors (Lipinski definition) is 2. The molecule has 0 radical (unpaired) electrons. The van der Waals surface area contributed by atoms with Gasteiger partial charge in [-0.1, -0.05) is 6.58 Å². The summed E-state index contributed by atoms with van der Waals surface area (Å²) in [5.41, 5.74) is 1.57. The van der Waals surface area contributed by atoms with Crippen molar-refractivity contribution in [3.8, 4) is 0 Å². The topological polar surface area (TPSA) is 6.48 Å². The number of piperidine rings is 1. The van der Waals surface area contributed by atoms with Gasteiger partial charge >= 0.3 is 6.18 Å². The minimum atomic E-state index is -4.36. The summed E-state index contributed by atoms with van der Waals surface area (Å²) in [5.74, 6) is 0. The van der Waals surface area contributed by atoms with Gasteiger partial charge < -0.3 is 9.80 Å². The third-order valence-electron chi connectivity index (χ3n) is 5.32. The Hall–Kier alpha value is -0.760. The van der Waals surface area contributed by atoms with Gasteiger partial charge in [0.05, 0.1) is 5.56 Å². The highest BCUT2D eigenvalue weighted by Gasteiger charge is 2.34. The quantitative estimate of drug-likeness (QED) is 0.469. The third-order valence-corrected chi connectivity index (χ3v) is 5.90. The van der Waals surface area contributed by atoms with Crippen LogP contribution in [0, 0.1) is 6.92 Å². The molecule has 26 heavy (non-hydrogen) atoms. The highest BCUT2D eigenvalue weighted by atomic mass is 127. The summed E-state index contributed by atoms with van der Waals surface area (Å²) in [5, 5.41) is 0. The fraction of sp³-hybridized carbons (Fsp3) is 0.600. The number of nitrogens with zero attached hydrogens (tertiary/aromatic N) is 2. The lowest BCUT2D eigenvalue weighted by molar-refractivity contribution is -0.137. The summed E-state index contributed by atoms with van der Waals surface area (Å²) in [7, 11) is 0. The van der Waals surface area contributed by atoms with Crippen LogP contribution in [0.15, 0.2) is 18.7 Å². The molecule has 146 valence electrons. The largest absolute Gasteiger partial charge is 0.416 e. The van der Waals surface area contributed by atoms with E-state index in [-0.39, 0.29) is 6.04 Å². The predicted molar refractivity (Wildman–Crippen MR) is 112 cm³/mol. The van der Waals surface area contributed by atoms with Gasteiger partial charge in [-0.2, -0.15) is 13.2 Å². The SMILES string of the molecule is C=C(I)c1cc(C(F)(F)F)cc(N(CC)C2CCN(C(C)C)CC2)c1C. The van der Waals surface area contributed by atoms with Crippen molar-refractivity contribution in [2.24, 2.45) is 0 Å². The van der Waals surface area contributed by atoms with Crippen molar-refractivity contribution >= 4 is 31.9 Å². The minimum absolute atomic E-state index is 0.271. The molecule has 0 bridgehead atoms. The number of alkyl halides is 3. The molecule has 0 spiro atoms. The van der Waals surface area contributed by atoms with Crippen molar-refractivity contribution < 1.29 is 13.2 Å². The van der Waals surface area contributed by atoms with Gasteiger partial charge in [0.25, 0.3) is 0 Å². The normalized spacial score (nSPS) is 17.0. The van der Waals surface area contributed by atoms with Gasteiger partial charge in [0.2, 0.25) is 0 Å². The molecule has 1 aliphatic heterocycles. The van der Waals surface area contributed by atoms with Crippen LogP contribution in [-0.4, -0.2) is 36.6 Å². The maximum absolute atomic E-state index is 13.4. The maximum atomic E-state index is 13.4. The van der Waals surface area contributed by atoms with Crippen LogP contribution >= 0.6 is 22.6 Å². The summed E-state index contributed by atoms with van der Waals surface area (Å²) in [6.45, 7) is 14.8. The number of halogens is 4. The first-order valence-electron chi connectivity index (χ1n) is 9.13. The Morgan fingerprint density at radius 3 is 2.31 bits per heavy atom. The van der Waals surface area contributed by atoms with Gasteiger partial charge in [-0.3, -0.25) is 0 Å². The summed E-state index contributed by atoms with van der Waals surface area (Å²) < 4.78 is 40.9. The van der Waals surface area contributed by atoms with Crippen LogP contribution in [0.25, 0.3) is 3.58 Å². The summed E-state index contributed by atoms with van der Waals surface area (Å²) >= 11 is 2.01. The predicted octanol–water partition coefficient (Wildman–Crippen LogP) is 6.12. The van der Waals surface area contributed by atoms with E-state index in [1.165, 1.54) is 12.1 Å². The molecular weight excluding hydrogens is 452 g/mol. The zero-order valence-electron chi connectivity index (χ0n) is 16.0. The molecule has 0 atom stereocenters. The van der Waals surface area contributed by atoms with E-state index < -0.39 is 11.7 Å². The zero-order valence-corrected chi connectivity index (χ0v) is 18.1. The smallest absolute Gasteiger partial charge is 0.368 e. The number of benzene rings is 1. The Kier molecular flexibility index (Phi) is 7.04. The molecule has 2 nitrogen and oxygen atoms in total. The fourth-order valence-electron chi connectivity index (χ4n) is 3.78. The number of rotatable bonds is 5. The molecule has 1 aliphatic rings. The summed E-state index contributed by atoms with van der Waals surface area (Å²) in [6, 6.07) is 3.32. The molecule has 0 aromatic heterocycles. The highest BCUT2D eigenvalue weighted by Crippen LogP contribution is 2.39. The van der Waals surface area contributed by atoms with Gasteiger partial charge in [-0.15, -0.1) is 0 Å². The maximum Gasteiger partial charge on any atom is 0.416 e. The Bertz CT molecular complexity index is 647. The van der Waals surface area contributed by atoms with Gasteiger partial charge in [0, 0.05) is 41.0 Å². The van der Waals surface area contributed by atoms with Crippen LogP contribution in [0.5, 0.6) is 0 Å². The van der Waals surface area contributed by atoms with Gasteiger partial charge in [-0.05, 0) is 86.4 Å². The average molecular weight is 480 g/mol. The van der Waals surface area contributed by atoms with E-state index >= 15 is 0 Å². The van der Waals surface area contributed by atoms with Crippen molar-refractivity contribution in [2.75, 3.05) is 24.5 Å². The van der Waals surface area contributed by atoms with E-state index in [9.17, 15) is 13.2 Å². The summed E-state index contributed by atoms with van der Waals surface area (Å²) in [6.07, 6.45) is -2.41. The van der Waals surface area contributed by atoms with Crippen molar-refractivity contribution in [3.05, 3.63) is 35.4 Å². The van der Waals surface area contributed by atoms with E-state index in [0.29, 0.717) is 27.4 Å². The molecule has 0 aliphatic carbocycles. The van der Waals surface area contributed by atoms with Crippen LogP contribution in [-0.2, 0) is 6.18 Å². The van der Waals surface area contributed by atoms with Crippen molar-refractivity contribution in [3.63, 3.8) is 0 Å². The first-order chi connectivity index (χ1) is 12.1. The third kappa shape index (κ3) is 4.74. The fourth-order valence-corrected chi connectivity index (χ4v) is 4.34. The molecule has 1 aromatic rings. The van der Waals surface area contributed by atoms with Crippen molar-refractivity contribution in [1.82, 2.24) is 4.90 Å². The van der Waals surface area contributed by atoms with E-state index in [0.717, 1.165) is 31.5 Å². The molecule has 0 saturated carbocycles. The first-order valence-corrected chi connectivity index (χ1v) is 10.2. The molecule has 0 amide bonds. The van der Waals surface area contributed by atoms with Crippen molar-refractivity contribution in [1.29, 1.82) is 0 Å². The second-order valence-electron chi connectivity index (χ2n) is 7.22. The summed E-state index contributed by atoms with van der Waals surface area (Å²) in [4.78, 5) is 4.59. The van der Waals surface area contributed by atoms with Crippen LogP contribution in [0.4, 0.5) is 18.9 Å². The van der Waals surface area contributed by atoms with E-state index in [1.54, 1.807) is 0 Å². The lowest BCUT2D eigenvalue weighted by Gasteiger charge is -2.41. The first kappa shape index (κ1) is 21.5. The molecule has 1 saturated heterocycles. The van der Waals surface area contributed by atoms with Crippen LogP contribution in [0.2, 0.25) is 0 Å². The van der Waals surface area contributed by atoms with Gasteiger partial charge in [0.1, 0.15) is 0 Å². The number of anilines is 1. The molecule has 1 heterocycles. The Morgan fingerprint density at radius 1 is 1.31 bits per heavy atom. The van der Waals surface area contributed by atoms with Crippen LogP contribution in [0.3, 0.4) is 0 Å². The number of likely N-dealkylation sites (tertiary alicyclic amines) is 1. The molecule has 6 heteroatoms. The van der Waals surface area contributed by atoms with Crippen molar-refractivity contribution in [2.45, 2.75) is 58.8 Å². The monoisotopic (exact) mass is 480 g/mol. The number of hydrogen-bond donors (Lipinski definition) is 0. The van der Waals surface area contributed by atoms with Crippen LogP contribution < -0.4 is 4.90 Å². The standard InChI is InChI=1S/C20H28F3IN2/c1-6-26(17-7-9-25(10-8-17)13(2)3)19-12-16(20(21,22)23)11-18(14(19)4)15(5)24/h11-13,17H,5-10H2,1-4H3. The Labute approximate surface area is 168 Å². The Morgan fingerprint density at radius 2 is 1.88 bits per heavy atom. The lowest BCUT2D eigenvalue weighted by Crippen LogP contribution is -2.47. The zero-order chi connectivity index (χ0) is 19.6. The molecule has 2 rings (SSSR count). The molecule has 1 fully saturated rings. The highest BCUT2D eigenvalue weighted by molar-refractivity contribution is 14.1. The Balaban J connectivity index is 2.41. The second kappa shape index (κ2) is 8.50. The molecular formula is C20H28F3IN2.